The van der Waals surface area contributed by atoms with Gasteiger partial charge in [0.2, 0.25) is 5.89 Å². The van der Waals surface area contributed by atoms with E-state index >= 15 is 0 Å². The Balaban J connectivity index is 1.43. The number of hydrogen-bond donors (Lipinski definition) is 2. The van der Waals surface area contributed by atoms with E-state index in [1.807, 2.05) is 24.8 Å². The second-order valence-electron chi connectivity index (χ2n) is 12.5. The smallest absolute Gasteiger partial charge is 0.207 e. The lowest BCUT2D eigenvalue weighted by Gasteiger charge is -2.28. The van der Waals surface area contributed by atoms with Crippen LogP contribution in [0.3, 0.4) is 0 Å². The molecule has 1 aliphatic rings. The van der Waals surface area contributed by atoms with Crippen molar-refractivity contribution >= 4 is 23.5 Å². The van der Waals surface area contributed by atoms with E-state index in [1.54, 1.807) is 11.8 Å². The van der Waals surface area contributed by atoms with Gasteiger partial charge in [-0.05, 0) is 54.9 Å². The summed E-state index contributed by atoms with van der Waals surface area (Å²) in [6, 6.07) is 13.1. The van der Waals surface area contributed by atoms with Gasteiger partial charge >= 0.3 is 0 Å². The van der Waals surface area contributed by atoms with E-state index in [9.17, 15) is 5.11 Å². The third kappa shape index (κ3) is 7.56. The summed E-state index contributed by atoms with van der Waals surface area (Å²) < 4.78 is 12.4. The first-order valence-electron chi connectivity index (χ1n) is 13.9. The largest absolute Gasteiger partial charge is 0.507 e. The Bertz CT molecular complexity index is 1230. The van der Waals surface area contributed by atoms with Gasteiger partial charge in [-0.2, -0.15) is 0 Å². The number of phenolic OH excluding ortho intramolecular Hbond substituents is 1. The van der Waals surface area contributed by atoms with Crippen molar-refractivity contribution in [2.45, 2.75) is 95.2 Å². The van der Waals surface area contributed by atoms with Crippen LogP contribution in [0.2, 0.25) is 0 Å². The highest BCUT2D eigenvalue weighted by molar-refractivity contribution is 7.99. The van der Waals surface area contributed by atoms with Gasteiger partial charge in [0, 0.05) is 40.1 Å². The van der Waals surface area contributed by atoms with Gasteiger partial charge in [0.25, 0.3) is 0 Å². The molecule has 2 atom stereocenters. The normalized spacial score (nSPS) is 17.0. The van der Waals surface area contributed by atoms with Crippen molar-refractivity contribution in [2.75, 3.05) is 18.2 Å². The first kappa shape index (κ1) is 29.9. The molecule has 2 heterocycles. The van der Waals surface area contributed by atoms with E-state index in [2.05, 4.69) is 84.1 Å². The van der Waals surface area contributed by atoms with Gasteiger partial charge in [0.05, 0.1) is 17.6 Å². The summed E-state index contributed by atoms with van der Waals surface area (Å²) in [7, 11) is 0. The highest BCUT2D eigenvalue weighted by Gasteiger charge is 2.28. The van der Waals surface area contributed by atoms with Gasteiger partial charge in [-0.1, -0.05) is 59.7 Å². The Morgan fingerprint density at radius 3 is 2.41 bits per heavy atom. The Kier molecular flexibility index (Phi) is 9.34. The Morgan fingerprint density at radius 2 is 1.79 bits per heavy atom. The number of rotatable bonds is 9. The third-order valence-corrected chi connectivity index (χ3v) is 9.17. The number of aromatic hydroxyl groups is 1. The molecule has 0 spiro atoms. The topological polar surface area (TPSA) is 67.5 Å². The molecule has 5 nitrogen and oxygen atoms in total. The maximum Gasteiger partial charge on any atom is 0.207 e. The fourth-order valence-electron chi connectivity index (χ4n) is 4.83. The fourth-order valence-corrected chi connectivity index (χ4v) is 6.81. The lowest BCUT2D eigenvalue weighted by molar-refractivity contribution is 0.315. The van der Waals surface area contributed by atoms with E-state index in [0.29, 0.717) is 24.8 Å². The van der Waals surface area contributed by atoms with Crippen LogP contribution in [-0.2, 0) is 23.7 Å². The minimum Gasteiger partial charge on any atom is -0.507 e. The molecule has 0 bridgehead atoms. The zero-order valence-corrected chi connectivity index (χ0v) is 26.3. The highest BCUT2D eigenvalue weighted by Crippen LogP contribution is 2.44. The number of ether oxygens (including phenoxy) is 1. The summed E-state index contributed by atoms with van der Waals surface area (Å²) in [5.74, 6) is 5.10. The van der Waals surface area contributed by atoms with Crippen molar-refractivity contribution in [1.29, 1.82) is 0 Å². The molecule has 39 heavy (non-hydrogen) atoms. The Labute approximate surface area is 242 Å². The number of thioether (sulfide) groups is 2. The predicted octanol–water partition coefficient (Wildman–Crippen LogP) is 7.96. The fraction of sp³-hybridized carbons (Fsp3) is 0.531. The maximum atomic E-state index is 11.1. The molecule has 0 saturated carbocycles. The van der Waals surface area contributed by atoms with Crippen LogP contribution in [0.4, 0.5) is 0 Å². The second-order valence-corrected chi connectivity index (χ2v) is 15.0. The van der Waals surface area contributed by atoms with Crippen molar-refractivity contribution in [1.82, 2.24) is 10.3 Å². The van der Waals surface area contributed by atoms with E-state index < -0.39 is 0 Å². The number of benzene rings is 2. The molecule has 1 fully saturated rings. The summed E-state index contributed by atoms with van der Waals surface area (Å²) in [4.78, 5) is 5.99. The average molecular weight is 569 g/mol. The van der Waals surface area contributed by atoms with Crippen LogP contribution in [0.25, 0.3) is 0 Å². The first-order valence-corrected chi connectivity index (χ1v) is 15.9. The van der Waals surface area contributed by atoms with Crippen LogP contribution in [0.5, 0.6) is 11.5 Å². The number of nitrogens with zero attached hydrogens (tertiary/aromatic N) is 1. The molecule has 7 heteroatoms. The molecule has 0 aliphatic carbocycles. The van der Waals surface area contributed by atoms with Crippen molar-refractivity contribution in [2.24, 2.45) is 0 Å². The molecule has 2 N–H and O–H groups in total. The number of para-hydroxylation sites is 1. The lowest BCUT2D eigenvalue weighted by Crippen LogP contribution is -2.26. The van der Waals surface area contributed by atoms with Gasteiger partial charge in [0.1, 0.15) is 17.3 Å². The predicted molar refractivity (Wildman–Crippen MR) is 165 cm³/mol. The van der Waals surface area contributed by atoms with E-state index in [0.717, 1.165) is 57.2 Å². The van der Waals surface area contributed by atoms with Crippen LogP contribution in [0.15, 0.2) is 45.7 Å². The number of hydrogen-bond acceptors (Lipinski definition) is 7. The molecule has 1 saturated heterocycles. The van der Waals surface area contributed by atoms with Gasteiger partial charge < -0.3 is 19.6 Å². The molecule has 4 rings (SSSR count). The van der Waals surface area contributed by atoms with Gasteiger partial charge in [-0.3, -0.25) is 0 Å². The lowest BCUT2D eigenvalue weighted by atomic mass is 9.79. The summed E-state index contributed by atoms with van der Waals surface area (Å²) in [6.07, 6.45) is 1.68. The molecule has 1 aliphatic heterocycles. The number of oxazole rings is 1. The minimum absolute atomic E-state index is 0.0288. The number of nitrogens with one attached hydrogen (secondary N) is 1. The average Bonchev–Trinajstić information content (AvgIpc) is 3.49. The Hall–Kier alpha value is -2.09. The third-order valence-electron chi connectivity index (χ3n) is 7.10. The van der Waals surface area contributed by atoms with E-state index in [-0.39, 0.29) is 16.1 Å². The van der Waals surface area contributed by atoms with Crippen molar-refractivity contribution in [3.05, 3.63) is 70.4 Å². The second kappa shape index (κ2) is 12.2. The van der Waals surface area contributed by atoms with E-state index in [4.69, 9.17) is 14.1 Å². The quantitative estimate of drug-likeness (QED) is 0.254. The zero-order valence-electron chi connectivity index (χ0n) is 24.7. The molecule has 0 amide bonds. The van der Waals surface area contributed by atoms with Crippen LogP contribution >= 0.6 is 23.5 Å². The van der Waals surface area contributed by atoms with Gasteiger partial charge in [-0.15, -0.1) is 23.5 Å². The van der Waals surface area contributed by atoms with Crippen LogP contribution in [0.1, 0.15) is 87.8 Å². The minimum atomic E-state index is -0.165. The zero-order chi connectivity index (χ0) is 28.4. The monoisotopic (exact) mass is 568 g/mol. The van der Waals surface area contributed by atoms with Crippen molar-refractivity contribution in [3.8, 4) is 11.5 Å². The Morgan fingerprint density at radius 1 is 1.13 bits per heavy atom. The van der Waals surface area contributed by atoms with E-state index in [1.165, 1.54) is 5.56 Å². The number of aryl methyl sites for hydroxylation is 1. The summed E-state index contributed by atoms with van der Waals surface area (Å²) in [5, 5.41) is 14.6. The van der Waals surface area contributed by atoms with Gasteiger partial charge in [-0.25, -0.2) is 4.98 Å². The molecule has 3 aromatic rings. The highest BCUT2D eigenvalue weighted by atomic mass is 32.2. The standard InChI is InChI=1S/C32H44N2O3S2/c1-20-27(13-14-36-28-12-10-9-11-22(28)15-23-18-38-19-33-23)34-30(37-20)21(2)39-24-16-25(31(3,4)5)29(35)26(17-24)32(6,7)8/h9-12,16-17,21,23,33,35H,13-15,18-19H2,1-8H3. The van der Waals surface area contributed by atoms with Gasteiger partial charge in [0.15, 0.2) is 0 Å². The summed E-state index contributed by atoms with van der Waals surface area (Å²) >= 11 is 3.67. The van der Waals surface area contributed by atoms with Crippen LogP contribution < -0.4 is 10.1 Å². The number of phenols is 1. The molecule has 0 radical (unpaired) electrons. The summed E-state index contributed by atoms with van der Waals surface area (Å²) in [5.41, 5.74) is 3.80. The van der Waals surface area contributed by atoms with Crippen LogP contribution in [0, 0.1) is 6.92 Å². The van der Waals surface area contributed by atoms with Crippen LogP contribution in [-0.4, -0.2) is 34.4 Å². The van der Waals surface area contributed by atoms with Crippen molar-refractivity contribution < 1.29 is 14.3 Å². The maximum absolute atomic E-state index is 11.1. The first-order chi connectivity index (χ1) is 18.3. The number of aromatic nitrogens is 1. The molecule has 212 valence electrons. The molecule has 2 unspecified atom stereocenters. The molecular weight excluding hydrogens is 524 g/mol. The molecular formula is C32H44N2O3S2. The summed E-state index contributed by atoms with van der Waals surface area (Å²) in [6.45, 7) is 17.5. The SMILES string of the molecule is Cc1oc(C(C)Sc2cc(C(C)(C)C)c(O)c(C(C)(C)C)c2)nc1CCOc1ccccc1CC1CSCN1. The molecule has 2 aromatic carbocycles. The van der Waals surface area contributed by atoms with Crippen molar-refractivity contribution in [3.63, 3.8) is 0 Å². The molecule has 1 aromatic heterocycles.